The third kappa shape index (κ3) is 3.68. The average molecular weight is 152 g/mol. The summed E-state index contributed by atoms with van der Waals surface area (Å²) in [6.45, 7) is 0. The van der Waals surface area contributed by atoms with Gasteiger partial charge in [-0.3, -0.25) is 0 Å². The maximum Gasteiger partial charge on any atom is 0.340 e. The van der Waals surface area contributed by atoms with Crippen LogP contribution in [0, 0.1) is 0 Å². The van der Waals surface area contributed by atoms with Crippen molar-refractivity contribution in [1.82, 2.24) is 0 Å². The van der Waals surface area contributed by atoms with Gasteiger partial charge in [0.15, 0.2) is 0 Å². The molecule has 0 amide bonds. The van der Waals surface area contributed by atoms with Crippen LogP contribution < -0.4 is 0 Å². The Labute approximate surface area is 58.4 Å². The van der Waals surface area contributed by atoms with Crippen LogP contribution in [0.15, 0.2) is 0 Å². The second-order valence-corrected chi connectivity index (χ2v) is 4.72. The molecule has 0 unspecified atom stereocenters. The molecule has 0 spiro atoms. The first kappa shape index (κ1) is 8.11. The van der Waals surface area contributed by atoms with Crippen LogP contribution in [0.3, 0.4) is 0 Å². The number of rotatable bonds is 3. The molecule has 0 fully saturated rings. The van der Waals surface area contributed by atoms with E-state index in [4.69, 9.17) is 0 Å². The standard InChI is InChI=1S/C3H9BS3/c1-5-4(6-2)7-3/h1-3H3. The van der Waals surface area contributed by atoms with Gasteiger partial charge < -0.3 is 0 Å². The van der Waals surface area contributed by atoms with Crippen LogP contribution >= 0.6 is 34.8 Å². The van der Waals surface area contributed by atoms with Crippen molar-refractivity contribution < 1.29 is 0 Å². The van der Waals surface area contributed by atoms with E-state index in [0.29, 0.717) is 0 Å². The molecular weight excluding hydrogens is 143 g/mol. The van der Waals surface area contributed by atoms with Crippen LogP contribution in [0.25, 0.3) is 0 Å². The van der Waals surface area contributed by atoms with E-state index in [1.54, 1.807) is 0 Å². The second-order valence-electron chi connectivity index (χ2n) is 0.996. The largest absolute Gasteiger partial charge is 0.340 e. The van der Waals surface area contributed by atoms with Crippen LogP contribution in [0.1, 0.15) is 0 Å². The summed E-state index contributed by atoms with van der Waals surface area (Å²) >= 11 is 5.69. The van der Waals surface area contributed by atoms with Gasteiger partial charge in [0.05, 0.1) is 0 Å². The third-order valence-corrected chi connectivity index (χ3v) is 5.20. The minimum Gasteiger partial charge on any atom is -0.187 e. The predicted molar refractivity (Wildman–Crippen MR) is 46.3 cm³/mol. The SMILES string of the molecule is CSB(SC)SC. The summed E-state index contributed by atoms with van der Waals surface area (Å²) in [6, 6.07) is 0. The molecule has 7 heavy (non-hydrogen) atoms. The lowest BCUT2D eigenvalue weighted by Gasteiger charge is -1.99. The monoisotopic (exact) mass is 152 g/mol. The Morgan fingerprint density at radius 3 is 1.14 bits per heavy atom. The van der Waals surface area contributed by atoms with Gasteiger partial charge in [-0.25, -0.2) is 0 Å². The fourth-order valence-corrected chi connectivity index (χ4v) is 2.60. The quantitative estimate of drug-likeness (QED) is 0.568. The summed E-state index contributed by atoms with van der Waals surface area (Å²) < 4.78 is 0.736. The highest BCUT2D eigenvalue weighted by atomic mass is 32.3. The van der Waals surface area contributed by atoms with Gasteiger partial charge in [0.2, 0.25) is 0 Å². The average Bonchev–Trinajstić information content (AvgIpc) is 1.72. The van der Waals surface area contributed by atoms with E-state index in [0.717, 1.165) is 4.55 Å². The first-order valence-corrected chi connectivity index (χ1v) is 5.80. The van der Waals surface area contributed by atoms with Crippen molar-refractivity contribution in [3.05, 3.63) is 0 Å². The number of hydrogen-bond acceptors (Lipinski definition) is 3. The van der Waals surface area contributed by atoms with E-state index in [-0.39, 0.29) is 0 Å². The van der Waals surface area contributed by atoms with Crippen LogP contribution in [0.2, 0.25) is 0 Å². The summed E-state index contributed by atoms with van der Waals surface area (Å²) in [6.07, 6.45) is 6.41. The molecule has 0 bridgehead atoms. The summed E-state index contributed by atoms with van der Waals surface area (Å²) in [4.78, 5) is 0. The Morgan fingerprint density at radius 2 is 1.14 bits per heavy atom. The normalized spacial score (nSPS) is 9.00. The number of hydrogen-bond donors (Lipinski definition) is 0. The first-order chi connectivity index (χ1) is 3.35. The van der Waals surface area contributed by atoms with Crippen LogP contribution in [0.4, 0.5) is 0 Å². The van der Waals surface area contributed by atoms with Crippen molar-refractivity contribution in [3.63, 3.8) is 0 Å². The van der Waals surface area contributed by atoms with Gasteiger partial charge in [0.25, 0.3) is 0 Å². The lowest BCUT2D eigenvalue weighted by molar-refractivity contribution is 2.51. The molecule has 4 heteroatoms. The predicted octanol–water partition coefficient (Wildman–Crippen LogP) is 2.06. The molecule has 0 rings (SSSR count). The zero-order chi connectivity index (χ0) is 5.70. The molecule has 0 radical (unpaired) electrons. The van der Waals surface area contributed by atoms with Gasteiger partial charge in [-0.05, 0) is 18.8 Å². The summed E-state index contributed by atoms with van der Waals surface area (Å²) in [7, 11) is 0. The highest BCUT2D eigenvalue weighted by molar-refractivity contribution is 8.76. The molecule has 0 saturated heterocycles. The maximum absolute atomic E-state index is 2.14. The Bertz CT molecular complexity index is 31.7. The zero-order valence-electron chi connectivity index (χ0n) is 4.80. The fraction of sp³-hybridized carbons (Fsp3) is 1.00. The molecule has 0 heterocycles. The Balaban J connectivity index is 2.99. The zero-order valence-corrected chi connectivity index (χ0v) is 7.25. The minimum atomic E-state index is 0.736. The van der Waals surface area contributed by atoms with E-state index < -0.39 is 0 Å². The van der Waals surface area contributed by atoms with Crippen molar-refractivity contribution in [3.8, 4) is 0 Å². The Kier molecular flexibility index (Phi) is 6.09. The van der Waals surface area contributed by atoms with Gasteiger partial charge >= 0.3 is 4.55 Å². The summed E-state index contributed by atoms with van der Waals surface area (Å²) in [5.41, 5.74) is 0. The molecule has 42 valence electrons. The fourth-order valence-electron chi connectivity index (χ4n) is 0.289. The second kappa shape index (κ2) is 5.26. The molecule has 0 aromatic rings. The van der Waals surface area contributed by atoms with Crippen molar-refractivity contribution in [1.29, 1.82) is 0 Å². The van der Waals surface area contributed by atoms with E-state index in [1.807, 2.05) is 34.8 Å². The van der Waals surface area contributed by atoms with E-state index in [1.165, 1.54) is 0 Å². The van der Waals surface area contributed by atoms with E-state index >= 15 is 0 Å². The molecule has 0 atom stereocenters. The molecule has 0 nitrogen and oxygen atoms in total. The smallest absolute Gasteiger partial charge is 0.187 e. The molecule has 0 aliphatic carbocycles. The van der Waals surface area contributed by atoms with Crippen LogP contribution in [-0.4, -0.2) is 23.3 Å². The molecule has 0 N–H and O–H groups in total. The third-order valence-electron chi connectivity index (χ3n) is 0.577. The van der Waals surface area contributed by atoms with Crippen molar-refractivity contribution in [2.45, 2.75) is 0 Å². The first-order valence-electron chi connectivity index (χ1n) is 1.93. The van der Waals surface area contributed by atoms with Gasteiger partial charge in [-0.2, -0.15) is 34.8 Å². The van der Waals surface area contributed by atoms with Crippen molar-refractivity contribution in [2.24, 2.45) is 0 Å². The van der Waals surface area contributed by atoms with E-state index in [2.05, 4.69) is 18.8 Å². The molecule has 0 saturated carbocycles. The Hall–Kier alpha value is 1.11. The van der Waals surface area contributed by atoms with Gasteiger partial charge in [0, 0.05) is 0 Å². The molecule has 0 aromatic carbocycles. The lowest BCUT2D eigenvalue weighted by atomic mass is 10.7. The minimum absolute atomic E-state index is 0.736. The molecule has 0 aliphatic rings. The molecule has 0 aliphatic heterocycles. The Morgan fingerprint density at radius 1 is 0.857 bits per heavy atom. The van der Waals surface area contributed by atoms with Gasteiger partial charge in [-0.1, -0.05) is 0 Å². The van der Waals surface area contributed by atoms with Crippen molar-refractivity contribution in [2.75, 3.05) is 18.8 Å². The summed E-state index contributed by atoms with van der Waals surface area (Å²) in [5, 5.41) is 0. The van der Waals surface area contributed by atoms with Gasteiger partial charge in [0.1, 0.15) is 0 Å². The van der Waals surface area contributed by atoms with Crippen LogP contribution in [0.5, 0.6) is 0 Å². The van der Waals surface area contributed by atoms with Gasteiger partial charge in [-0.15, -0.1) is 0 Å². The van der Waals surface area contributed by atoms with E-state index in [9.17, 15) is 0 Å². The lowest BCUT2D eigenvalue weighted by Crippen LogP contribution is -1.91. The highest BCUT2D eigenvalue weighted by Gasteiger charge is 2.05. The van der Waals surface area contributed by atoms with Crippen LogP contribution in [-0.2, 0) is 0 Å². The summed E-state index contributed by atoms with van der Waals surface area (Å²) in [5.74, 6) is 0. The topological polar surface area (TPSA) is 0 Å². The highest BCUT2D eigenvalue weighted by Crippen LogP contribution is 2.22. The van der Waals surface area contributed by atoms with Crippen molar-refractivity contribution >= 4 is 39.4 Å². The maximum atomic E-state index is 2.14. The molecular formula is C3H9BS3. The molecule has 0 aromatic heterocycles.